The Bertz CT molecular complexity index is 168. The van der Waals surface area contributed by atoms with Gasteiger partial charge in [-0.3, -0.25) is 9.63 Å². The van der Waals surface area contributed by atoms with E-state index in [9.17, 15) is 9.59 Å². The quantitative estimate of drug-likeness (QED) is 0.201. The van der Waals surface area contributed by atoms with E-state index in [4.69, 9.17) is 15.3 Å². The number of hydrogen-bond acceptors (Lipinski definition) is 6. The van der Waals surface area contributed by atoms with Gasteiger partial charge >= 0.3 is 5.97 Å². The molecule has 5 N–H and O–H groups in total. The van der Waals surface area contributed by atoms with Crippen LogP contribution in [0.25, 0.3) is 0 Å². The van der Waals surface area contributed by atoms with Crippen LogP contribution in [0.4, 0.5) is 0 Å². The molecule has 11 heavy (non-hydrogen) atoms. The molecule has 0 rings (SSSR count). The van der Waals surface area contributed by atoms with Crippen LogP contribution < -0.4 is 5.90 Å². The van der Waals surface area contributed by atoms with Crippen molar-refractivity contribution in [3.05, 3.63) is 0 Å². The van der Waals surface area contributed by atoms with E-state index in [-0.39, 0.29) is 0 Å². The Labute approximate surface area is 60.9 Å². The minimum absolute atomic E-state index is 1.58. The lowest BCUT2D eigenvalue weighted by atomic mass is 10.2. The first-order valence-corrected chi connectivity index (χ1v) is 2.49. The highest BCUT2D eigenvalue weighted by Crippen LogP contribution is 1.94. The molecule has 2 atom stereocenters. The second-order valence-corrected chi connectivity index (χ2v) is 1.64. The normalized spacial score (nSPS) is 15.5. The summed E-state index contributed by atoms with van der Waals surface area (Å²) < 4.78 is 0. The molecule has 0 heterocycles. The smallest absolute Gasteiger partial charge is 0.375 e. The third-order valence-corrected chi connectivity index (χ3v) is 0.889. The first kappa shape index (κ1) is 9.98. The number of ketones is 1. The van der Waals surface area contributed by atoms with Gasteiger partial charge in [0.1, 0.15) is 0 Å². The predicted molar refractivity (Wildman–Crippen MR) is 29.9 cm³/mol. The second kappa shape index (κ2) is 3.98. The lowest BCUT2D eigenvalue weighted by Gasteiger charge is -2.10. The lowest BCUT2D eigenvalue weighted by Crippen LogP contribution is -2.40. The summed E-state index contributed by atoms with van der Waals surface area (Å²) in [6.07, 6.45) is -4.17. The standard InChI is InChI=1S/C4H7NO6/c5-11-4(10)2(7)1(6)3(8)9/h2,4,7,10H,5H2,(H,8,9). The number of aliphatic hydroxyl groups excluding tert-OH is 2. The van der Waals surface area contributed by atoms with Gasteiger partial charge in [0.25, 0.3) is 5.78 Å². The summed E-state index contributed by atoms with van der Waals surface area (Å²) in [6.45, 7) is 0. The fourth-order valence-corrected chi connectivity index (χ4v) is 0.330. The number of carboxylic acids is 1. The summed E-state index contributed by atoms with van der Waals surface area (Å²) >= 11 is 0. The molecule has 0 aromatic rings. The number of aliphatic carboxylic acids is 1. The Morgan fingerprint density at radius 1 is 1.36 bits per heavy atom. The van der Waals surface area contributed by atoms with Crippen LogP contribution in [0.1, 0.15) is 0 Å². The number of rotatable bonds is 4. The van der Waals surface area contributed by atoms with Crippen LogP contribution in [0.15, 0.2) is 0 Å². The van der Waals surface area contributed by atoms with E-state index in [1.54, 1.807) is 0 Å². The third-order valence-electron chi connectivity index (χ3n) is 0.889. The molecule has 0 spiro atoms. The van der Waals surface area contributed by atoms with Crippen LogP contribution in [-0.2, 0) is 14.4 Å². The molecule has 0 aliphatic rings. The molecule has 0 amide bonds. The summed E-state index contributed by atoms with van der Waals surface area (Å²) in [7, 11) is 0. The molecule has 7 nitrogen and oxygen atoms in total. The zero-order chi connectivity index (χ0) is 9.02. The van der Waals surface area contributed by atoms with Crippen molar-refractivity contribution in [1.82, 2.24) is 0 Å². The van der Waals surface area contributed by atoms with E-state index in [1.807, 2.05) is 0 Å². The third kappa shape index (κ3) is 2.60. The first-order valence-electron chi connectivity index (χ1n) is 2.49. The highest BCUT2D eigenvalue weighted by Gasteiger charge is 2.29. The van der Waals surface area contributed by atoms with Crippen molar-refractivity contribution in [3.8, 4) is 0 Å². The van der Waals surface area contributed by atoms with Gasteiger partial charge in [-0.2, -0.15) is 0 Å². The maximum absolute atomic E-state index is 10.3. The maximum Gasteiger partial charge on any atom is 0.375 e. The zero-order valence-corrected chi connectivity index (χ0v) is 5.30. The number of carboxylic acid groups (broad SMARTS) is 1. The fourth-order valence-electron chi connectivity index (χ4n) is 0.330. The molecule has 0 saturated carbocycles. The molecule has 7 heteroatoms. The predicted octanol–water partition coefficient (Wildman–Crippen LogP) is -2.79. The van der Waals surface area contributed by atoms with Gasteiger partial charge in [-0.05, 0) is 0 Å². The summed E-state index contributed by atoms with van der Waals surface area (Å²) in [6, 6.07) is 0. The molecular formula is C4H7NO6. The minimum Gasteiger partial charge on any atom is -0.475 e. The molecule has 0 aliphatic carbocycles. The molecule has 0 aromatic carbocycles. The van der Waals surface area contributed by atoms with Crippen LogP contribution in [0.3, 0.4) is 0 Å². The van der Waals surface area contributed by atoms with Gasteiger partial charge in [0, 0.05) is 0 Å². The van der Waals surface area contributed by atoms with E-state index >= 15 is 0 Å². The maximum atomic E-state index is 10.3. The van der Waals surface area contributed by atoms with E-state index in [0.717, 1.165) is 0 Å². The van der Waals surface area contributed by atoms with Gasteiger partial charge in [0.05, 0.1) is 0 Å². The molecule has 64 valence electrons. The van der Waals surface area contributed by atoms with E-state index in [1.165, 1.54) is 0 Å². The summed E-state index contributed by atoms with van der Waals surface area (Å²) in [4.78, 5) is 23.7. The second-order valence-electron chi connectivity index (χ2n) is 1.64. The number of Topliss-reactive ketones (excluding diaryl/α,β-unsaturated/α-hetero) is 1. The lowest BCUT2D eigenvalue weighted by molar-refractivity contribution is -0.181. The van der Waals surface area contributed by atoms with Crippen LogP contribution in [0.2, 0.25) is 0 Å². The van der Waals surface area contributed by atoms with Crippen molar-refractivity contribution < 1.29 is 29.7 Å². The van der Waals surface area contributed by atoms with Gasteiger partial charge < -0.3 is 15.3 Å². The first-order chi connectivity index (χ1) is 5.00. The van der Waals surface area contributed by atoms with Crippen LogP contribution >= 0.6 is 0 Å². The molecule has 0 bridgehead atoms. The zero-order valence-electron chi connectivity index (χ0n) is 5.30. The SMILES string of the molecule is NOC(O)C(O)C(=O)C(=O)O. The molecule has 0 fully saturated rings. The molecule has 0 aliphatic heterocycles. The molecule has 0 radical (unpaired) electrons. The van der Waals surface area contributed by atoms with Crippen LogP contribution in [-0.4, -0.2) is 39.5 Å². The Morgan fingerprint density at radius 3 is 2.09 bits per heavy atom. The Balaban J connectivity index is 4.13. The van der Waals surface area contributed by atoms with Crippen LogP contribution in [0.5, 0.6) is 0 Å². The summed E-state index contributed by atoms with van der Waals surface area (Å²) in [5, 5.41) is 25.0. The van der Waals surface area contributed by atoms with Gasteiger partial charge in [-0.25, -0.2) is 10.7 Å². The van der Waals surface area contributed by atoms with Gasteiger partial charge in [-0.1, -0.05) is 0 Å². The van der Waals surface area contributed by atoms with Crippen molar-refractivity contribution >= 4 is 11.8 Å². The highest BCUT2D eigenvalue weighted by atomic mass is 16.7. The Kier molecular flexibility index (Phi) is 3.61. The molecule has 0 aromatic heterocycles. The van der Waals surface area contributed by atoms with E-state index in [2.05, 4.69) is 10.7 Å². The Morgan fingerprint density at radius 2 is 1.82 bits per heavy atom. The van der Waals surface area contributed by atoms with E-state index in [0.29, 0.717) is 0 Å². The van der Waals surface area contributed by atoms with Crippen LogP contribution in [0, 0.1) is 0 Å². The molecular weight excluding hydrogens is 158 g/mol. The highest BCUT2D eigenvalue weighted by molar-refractivity contribution is 6.34. The number of aliphatic hydroxyl groups is 2. The van der Waals surface area contributed by atoms with Gasteiger partial charge in [0.15, 0.2) is 6.10 Å². The van der Waals surface area contributed by atoms with Gasteiger partial charge in [-0.15, -0.1) is 0 Å². The monoisotopic (exact) mass is 165 g/mol. The van der Waals surface area contributed by atoms with Crippen molar-refractivity contribution in [2.75, 3.05) is 0 Å². The number of carbonyl (C=O) groups excluding carboxylic acids is 1. The number of hydrogen-bond donors (Lipinski definition) is 4. The summed E-state index contributed by atoms with van der Waals surface area (Å²) in [5.41, 5.74) is 0. The molecule has 2 unspecified atom stereocenters. The minimum atomic E-state index is -2.16. The fraction of sp³-hybridized carbons (Fsp3) is 0.500. The van der Waals surface area contributed by atoms with E-state index < -0.39 is 24.1 Å². The number of nitrogens with two attached hydrogens (primary N) is 1. The average Bonchev–Trinajstić information content (AvgIpc) is 2.00. The average molecular weight is 165 g/mol. The summed E-state index contributed by atoms with van der Waals surface area (Å²) in [5.74, 6) is 0.908. The van der Waals surface area contributed by atoms with Crippen molar-refractivity contribution in [1.29, 1.82) is 0 Å². The topological polar surface area (TPSA) is 130 Å². The van der Waals surface area contributed by atoms with Crippen molar-refractivity contribution in [3.63, 3.8) is 0 Å². The van der Waals surface area contributed by atoms with Gasteiger partial charge in [0.2, 0.25) is 6.29 Å². The largest absolute Gasteiger partial charge is 0.475 e. The Hall–Kier alpha value is -1.02. The van der Waals surface area contributed by atoms with Crippen molar-refractivity contribution in [2.45, 2.75) is 12.4 Å². The number of carbonyl (C=O) groups is 2. The molecule has 0 saturated heterocycles. The van der Waals surface area contributed by atoms with Crippen molar-refractivity contribution in [2.24, 2.45) is 5.90 Å².